The van der Waals surface area contributed by atoms with Crippen LogP contribution in [0.3, 0.4) is 0 Å². The van der Waals surface area contributed by atoms with Crippen LogP contribution in [0.1, 0.15) is 46.7 Å². The van der Waals surface area contributed by atoms with Crippen LogP contribution in [0.15, 0.2) is 34.7 Å². The smallest absolute Gasteiger partial charge is 0.287 e. The first-order valence-corrected chi connectivity index (χ1v) is 9.98. The van der Waals surface area contributed by atoms with Gasteiger partial charge >= 0.3 is 0 Å². The molecule has 1 aromatic heterocycles. The van der Waals surface area contributed by atoms with Gasteiger partial charge in [-0.25, -0.2) is 0 Å². The van der Waals surface area contributed by atoms with E-state index < -0.39 is 0 Å². The Balaban J connectivity index is 1.42. The number of hydrogen-bond acceptors (Lipinski definition) is 5. The van der Waals surface area contributed by atoms with Gasteiger partial charge in [-0.15, -0.1) is 0 Å². The summed E-state index contributed by atoms with van der Waals surface area (Å²) in [7, 11) is 0. The minimum Gasteiger partial charge on any atom is -0.489 e. The Hall–Kier alpha value is -2.31. The van der Waals surface area contributed by atoms with Crippen LogP contribution in [-0.2, 0) is 6.61 Å². The van der Waals surface area contributed by atoms with E-state index in [1.54, 1.807) is 6.07 Å². The molecule has 2 heterocycles. The molecule has 2 N–H and O–H groups in total. The lowest BCUT2D eigenvalue weighted by atomic mass is 10.1. The van der Waals surface area contributed by atoms with Crippen molar-refractivity contribution >= 4 is 5.91 Å². The number of carbonyl (C=O) groups is 1. The predicted octanol–water partition coefficient (Wildman–Crippen LogP) is 3.05. The molecule has 1 amide bonds. The molecule has 0 saturated carbocycles. The summed E-state index contributed by atoms with van der Waals surface area (Å²) in [4.78, 5) is 14.6. The third-order valence-electron chi connectivity index (χ3n) is 5.08. The third-order valence-corrected chi connectivity index (χ3v) is 5.08. The molecule has 3 rings (SSSR count). The zero-order valence-electron chi connectivity index (χ0n) is 16.7. The quantitative estimate of drug-likeness (QED) is 0.682. The van der Waals surface area contributed by atoms with E-state index in [2.05, 4.69) is 10.2 Å². The highest BCUT2D eigenvalue weighted by Gasteiger charge is 2.18. The highest BCUT2D eigenvalue weighted by atomic mass is 16.5. The van der Waals surface area contributed by atoms with Gasteiger partial charge in [0.2, 0.25) is 0 Å². The minimum absolute atomic E-state index is 0.205. The molecule has 0 radical (unpaired) electrons. The number of ether oxygens (including phenoxy) is 1. The number of nitrogens with one attached hydrogen (secondary N) is 1. The van der Waals surface area contributed by atoms with Gasteiger partial charge in [0, 0.05) is 18.7 Å². The number of furan rings is 1. The summed E-state index contributed by atoms with van der Waals surface area (Å²) in [6.45, 7) is 7.45. The van der Waals surface area contributed by atoms with Crippen LogP contribution >= 0.6 is 0 Å². The second-order valence-electron chi connectivity index (χ2n) is 7.50. The van der Waals surface area contributed by atoms with Gasteiger partial charge in [0.05, 0.1) is 6.10 Å². The number of piperidine rings is 1. The molecule has 1 aliphatic rings. The predicted molar refractivity (Wildman–Crippen MR) is 108 cm³/mol. The van der Waals surface area contributed by atoms with Gasteiger partial charge < -0.3 is 24.5 Å². The number of aliphatic hydroxyl groups is 1. The topological polar surface area (TPSA) is 74.9 Å². The Morgan fingerprint density at radius 3 is 2.86 bits per heavy atom. The maximum absolute atomic E-state index is 12.3. The fourth-order valence-electron chi connectivity index (χ4n) is 3.40. The number of β-amino-alcohol motifs (C(OH)–C–C–N with tert-alkyl or cyclic N) is 1. The zero-order valence-corrected chi connectivity index (χ0v) is 16.7. The van der Waals surface area contributed by atoms with Crippen molar-refractivity contribution < 1.29 is 19.1 Å². The van der Waals surface area contributed by atoms with Gasteiger partial charge in [-0.1, -0.05) is 17.7 Å². The van der Waals surface area contributed by atoms with Crippen molar-refractivity contribution in [1.82, 2.24) is 10.2 Å². The van der Waals surface area contributed by atoms with Crippen molar-refractivity contribution in [2.24, 2.45) is 0 Å². The van der Waals surface area contributed by atoms with E-state index >= 15 is 0 Å². The number of hydrogen-bond donors (Lipinski definition) is 2. The molecule has 28 heavy (non-hydrogen) atoms. The molecule has 1 aliphatic heterocycles. The Bertz CT molecular complexity index is 769. The van der Waals surface area contributed by atoms with Crippen molar-refractivity contribution in [1.29, 1.82) is 0 Å². The summed E-state index contributed by atoms with van der Waals surface area (Å²) in [5, 5.41) is 12.6. The fraction of sp³-hybridized carbons (Fsp3) is 0.500. The molecule has 0 unspecified atom stereocenters. The van der Waals surface area contributed by atoms with Gasteiger partial charge in [0.25, 0.3) is 5.91 Å². The average Bonchev–Trinajstić information content (AvgIpc) is 3.05. The molecule has 1 fully saturated rings. The maximum atomic E-state index is 12.3. The second-order valence-corrected chi connectivity index (χ2v) is 7.50. The average molecular weight is 386 g/mol. The second kappa shape index (κ2) is 9.75. The van der Waals surface area contributed by atoms with Crippen LogP contribution in [-0.4, -0.2) is 48.2 Å². The standard InChI is InChI=1S/C22H30N2O4/c1-16-6-8-20(9-7-16)27-15-18-13-21(28-17(18)2)22(26)23-10-4-12-24-11-3-5-19(25)14-24/h6-9,13,19,25H,3-5,10-12,14-15H2,1-2H3,(H,23,26)/t19-/m0/s1. The summed E-state index contributed by atoms with van der Waals surface area (Å²) in [5.41, 5.74) is 2.05. The molecule has 6 nitrogen and oxygen atoms in total. The van der Waals surface area contributed by atoms with Gasteiger partial charge in [0.1, 0.15) is 18.1 Å². The molecule has 1 saturated heterocycles. The fourth-order valence-corrected chi connectivity index (χ4v) is 3.40. The number of nitrogens with zero attached hydrogens (tertiary/aromatic N) is 1. The van der Waals surface area contributed by atoms with Crippen LogP contribution in [0.25, 0.3) is 0 Å². The number of aliphatic hydroxyl groups excluding tert-OH is 1. The molecule has 6 heteroatoms. The molecule has 0 spiro atoms. The van der Waals surface area contributed by atoms with Gasteiger partial charge in [-0.05, 0) is 64.4 Å². The van der Waals surface area contributed by atoms with Crippen LogP contribution in [0, 0.1) is 13.8 Å². The number of rotatable bonds is 8. The lowest BCUT2D eigenvalue weighted by Crippen LogP contribution is -2.39. The number of amides is 1. The van der Waals surface area contributed by atoms with E-state index in [0.29, 0.717) is 24.7 Å². The van der Waals surface area contributed by atoms with Crippen molar-refractivity contribution in [3.63, 3.8) is 0 Å². The lowest BCUT2D eigenvalue weighted by Gasteiger charge is -2.29. The van der Waals surface area contributed by atoms with Crippen LogP contribution in [0.5, 0.6) is 5.75 Å². The summed E-state index contributed by atoms with van der Waals surface area (Å²) in [6.07, 6.45) is 2.56. The van der Waals surface area contributed by atoms with Crippen molar-refractivity contribution in [2.75, 3.05) is 26.2 Å². The first-order chi connectivity index (χ1) is 13.5. The van der Waals surface area contributed by atoms with E-state index in [1.165, 1.54) is 5.56 Å². The monoisotopic (exact) mass is 386 g/mol. The van der Waals surface area contributed by atoms with Gasteiger partial charge in [-0.3, -0.25) is 4.79 Å². The molecule has 1 aromatic carbocycles. The number of carbonyl (C=O) groups excluding carboxylic acids is 1. The van der Waals surface area contributed by atoms with Gasteiger partial charge in [0.15, 0.2) is 5.76 Å². The highest BCUT2D eigenvalue weighted by molar-refractivity contribution is 5.91. The molecule has 0 bridgehead atoms. The highest BCUT2D eigenvalue weighted by Crippen LogP contribution is 2.19. The van der Waals surface area contributed by atoms with Crippen LogP contribution < -0.4 is 10.1 Å². The number of aryl methyl sites for hydroxylation is 2. The summed E-state index contributed by atoms with van der Waals surface area (Å²) >= 11 is 0. The first kappa shape index (κ1) is 20.4. The summed E-state index contributed by atoms with van der Waals surface area (Å²) in [6, 6.07) is 9.61. The Morgan fingerprint density at radius 2 is 2.11 bits per heavy atom. The molecular formula is C22H30N2O4. The van der Waals surface area contributed by atoms with Crippen LogP contribution in [0.4, 0.5) is 0 Å². The third kappa shape index (κ3) is 5.84. The molecule has 1 atom stereocenters. The maximum Gasteiger partial charge on any atom is 0.287 e. The van der Waals surface area contributed by atoms with E-state index in [-0.39, 0.29) is 12.0 Å². The number of likely N-dealkylation sites (tertiary alicyclic amines) is 1. The summed E-state index contributed by atoms with van der Waals surface area (Å²) in [5.74, 6) is 1.59. The molecule has 2 aromatic rings. The molecular weight excluding hydrogens is 356 g/mol. The van der Waals surface area contributed by atoms with Crippen LogP contribution in [0.2, 0.25) is 0 Å². The SMILES string of the molecule is Cc1ccc(OCc2cc(C(=O)NCCCN3CCC[C@H](O)C3)oc2C)cc1. The van der Waals surface area contributed by atoms with E-state index in [4.69, 9.17) is 9.15 Å². The Morgan fingerprint density at radius 1 is 1.32 bits per heavy atom. The van der Waals surface area contributed by atoms with Gasteiger partial charge in [-0.2, -0.15) is 0 Å². The first-order valence-electron chi connectivity index (χ1n) is 9.98. The minimum atomic E-state index is -0.213. The van der Waals surface area contributed by atoms with E-state index in [1.807, 2.05) is 38.1 Å². The molecule has 152 valence electrons. The van der Waals surface area contributed by atoms with Crippen molar-refractivity contribution in [3.8, 4) is 5.75 Å². The van der Waals surface area contributed by atoms with Crippen molar-refractivity contribution in [3.05, 3.63) is 53.0 Å². The molecule has 0 aliphatic carbocycles. The Labute approximate surface area is 166 Å². The number of benzene rings is 1. The largest absolute Gasteiger partial charge is 0.489 e. The van der Waals surface area contributed by atoms with E-state index in [0.717, 1.165) is 50.2 Å². The van der Waals surface area contributed by atoms with E-state index in [9.17, 15) is 9.90 Å². The normalized spacial score (nSPS) is 17.5. The summed E-state index contributed by atoms with van der Waals surface area (Å²) < 4.78 is 11.4. The lowest BCUT2D eigenvalue weighted by molar-refractivity contribution is 0.0696. The zero-order chi connectivity index (χ0) is 19.9. The Kier molecular flexibility index (Phi) is 7.12. The van der Waals surface area contributed by atoms with Crippen molar-refractivity contribution in [2.45, 2.75) is 45.8 Å².